The van der Waals surface area contributed by atoms with Crippen molar-refractivity contribution in [1.82, 2.24) is 20.9 Å². The molecule has 0 aromatic rings. The second-order valence-electron chi connectivity index (χ2n) is 8.07. The summed E-state index contributed by atoms with van der Waals surface area (Å²) in [4.78, 5) is 39.1. The van der Waals surface area contributed by atoms with E-state index in [1.165, 1.54) is 38.5 Å². The zero-order chi connectivity index (χ0) is 20.6. The standard InChI is InChI=1S/C20H34N4O4S/c1-2-28-20(27)23-17(25)15-10-12-29-19(15)22-18(26)16-9-11-24(13-21-16)14-7-5-3-4-6-8-14/h14-16,19,21H,2-13H2,1H3,(H,22,26)(H,23,25,27). The number of thioether (sulfide) groups is 1. The van der Waals surface area contributed by atoms with E-state index in [1.807, 2.05) is 0 Å². The maximum Gasteiger partial charge on any atom is 0.413 e. The lowest BCUT2D eigenvalue weighted by Gasteiger charge is -2.38. The van der Waals surface area contributed by atoms with Crippen LogP contribution < -0.4 is 16.0 Å². The second-order valence-corrected chi connectivity index (χ2v) is 9.32. The predicted octanol–water partition coefficient (Wildman–Crippen LogP) is 1.80. The van der Waals surface area contributed by atoms with E-state index in [1.54, 1.807) is 18.7 Å². The zero-order valence-corrected chi connectivity index (χ0v) is 18.1. The SMILES string of the molecule is CCOC(=O)NC(=O)C1CCSC1NC(=O)C1CCN(C2CCCCCC2)CN1. The normalized spacial score (nSPS) is 29.1. The summed E-state index contributed by atoms with van der Waals surface area (Å²) in [5.74, 6) is -0.0763. The van der Waals surface area contributed by atoms with Gasteiger partial charge in [-0.15, -0.1) is 11.8 Å². The molecule has 3 aliphatic rings. The molecule has 9 heteroatoms. The lowest BCUT2D eigenvalue weighted by atomic mass is 10.0. The zero-order valence-electron chi connectivity index (χ0n) is 17.3. The summed E-state index contributed by atoms with van der Waals surface area (Å²) in [5.41, 5.74) is 0. The number of amides is 3. The molecule has 8 nitrogen and oxygen atoms in total. The molecule has 0 spiro atoms. The second kappa shape index (κ2) is 11.2. The monoisotopic (exact) mass is 426 g/mol. The van der Waals surface area contributed by atoms with Crippen molar-refractivity contribution >= 4 is 29.7 Å². The minimum Gasteiger partial charge on any atom is -0.450 e. The highest BCUT2D eigenvalue weighted by atomic mass is 32.2. The molecule has 164 valence electrons. The van der Waals surface area contributed by atoms with E-state index in [2.05, 4.69) is 20.9 Å². The van der Waals surface area contributed by atoms with E-state index in [0.29, 0.717) is 12.5 Å². The van der Waals surface area contributed by atoms with Crippen molar-refractivity contribution in [1.29, 1.82) is 0 Å². The summed E-state index contributed by atoms with van der Waals surface area (Å²) < 4.78 is 4.77. The minimum atomic E-state index is -0.730. The fourth-order valence-corrected chi connectivity index (χ4v) is 5.80. The third-order valence-corrected chi connectivity index (χ3v) is 7.39. The van der Waals surface area contributed by atoms with E-state index in [-0.39, 0.29) is 29.8 Å². The van der Waals surface area contributed by atoms with Crippen LogP contribution in [-0.2, 0) is 14.3 Å². The average Bonchev–Trinajstić information content (AvgIpc) is 3.00. The van der Waals surface area contributed by atoms with Crippen LogP contribution >= 0.6 is 11.8 Å². The first-order valence-corrected chi connectivity index (χ1v) is 12.0. The summed E-state index contributed by atoms with van der Waals surface area (Å²) in [5, 5.41) is 8.36. The molecule has 0 radical (unpaired) electrons. The van der Waals surface area contributed by atoms with Gasteiger partial charge in [0.15, 0.2) is 0 Å². The summed E-state index contributed by atoms with van der Waals surface area (Å²) in [6, 6.07) is 0.405. The van der Waals surface area contributed by atoms with Crippen LogP contribution in [-0.4, -0.2) is 65.8 Å². The van der Waals surface area contributed by atoms with Gasteiger partial charge in [0.2, 0.25) is 11.8 Å². The quantitative estimate of drug-likeness (QED) is 0.577. The van der Waals surface area contributed by atoms with Gasteiger partial charge >= 0.3 is 6.09 Å². The largest absolute Gasteiger partial charge is 0.450 e. The summed E-state index contributed by atoms with van der Waals surface area (Å²) in [7, 11) is 0. The van der Waals surface area contributed by atoms with Crippen LogP contribution in [0.1, 0.15) is 58.3 Å². The highest BCUT2D eigenvalue weighted by molar-refractivity contribution is 8.00. The molecule has 3 atom stereocenters. The van der Waals surface area contributed by atoms with Gasteiger partial charge in [0.05, 0.1) is 23.9 Å². The Kier molecular flexibility index (Phi) is 8.62. The minimum absolute atomic E-state index is 0.0566. The molecule has 0 aromatic carbocycles. The van der Waals surface area contributed by atoms with Crippen molar-refractivity contribution in [3.8, 4) is 0 Å². The molecule has 29 heavy (non-hydrogen) atoms. The van der Waals surface area contributed by atoms with Crippen LogP contribution in [0.5, 0.6) is 0 Å². The molecule has 1 saturated carbocycles. The van der Waals surface area contributed by atoms with Crippen LogP contribution in [0.2, 0.25) is 0 Å². The molecule has 2 aliphatic heterocycles. The Morgan fingerprint density at radius 2 is 1.83 bits per heavy atom. The summed E-state index contributed by atoms with van der Waals surface area (Å²) in [6.07, 6.45) is 8.49. The third-order valence-electron chi connectivity index (χ3n) is 6.12. The first-order chi connectivity index (χ1) is 14.1. The maximum atomic E-state index is 12.8. The first-order valence-electron chi connectivity index (χ1n) is 11.0. The van der Waals surface area contributed by atoms with Gasteiger partial charge in [-0.3, -0.25) is 25.1 Å². The molecule has 3 N–H and O–H groups in total. The van der Waals surface area contributed by atoms with Gasteiger partial charge in [-0.2, -0.15) is 0 Å². The highest BCUT2D eigenvalue weighted by Crippen LogP contribution is 2.31. The number of imide groups is 1. The van der Waals surface area contributed by atoms with Crippen molar-refractivity contribution in [3.05, 3.63) is 0 Å². The highest BCUT2D eigenvalue weighted by Gasteiger charge is 2.37. The Bertz CT molecular complexity index is 575. The number of ether oxygens (including phenoxy) is 1. The van der Waals surface area contributed by atoms with Crippen LogP contribution in [0.4, 0.5) is 4.79 Å². The van der Waals surface area contributed by atoms with E-state index >= 15 is 0 Å². The first kappa shape index (κ1) is 22.4. The van der Waals surface area contributed by atoms with Gasteiger partial charge in [-0.25, -0.2) is 4.79 Å². The van der Waals surface area contributed by atoms with Gasteiger partial charge in [-0.05, 0) is 38.4 Å². The molecule has 0 aromatic heterocycles. The lowest BCUT2D eigenvalue weighted by Crippen LogP contribution is -2.57. The molecular formula is C20H34N4O4S. The van der Waals surface area contributed by atoms with Crippen molar-refractivity contribution in [2.45, 2.75) is 75.7 Å². The van der Waals surface area contributed by atoms with Crippen molar-refractivity contribution in [2.24, 2.45) is 5.92 Å². The number of carbonyl (C=O) groups is 3. The molecule has 1 aliphatic carbocycles. The van der Waals surface area contributed by atoms with Crippen molar-refractivity contribution < 1.29 is 19.1 Å². The van der Waals surface area contributed by atoms with Crippen molar-refractivity contribution in [2.75, 3.05) is 25.6 Å². The van der Waals surface area contributed by atoms with Gasteiger partial charge in [0.25, 0.3) is 0 Å². The molecule has 3 rings (SSSR count). The van der Waals surface area contributed by atoms with E-state index in [0.717, 1.165) is 25.4 Å². The topological polar surface area (TPSA) is 99.8 Å². The fraction of sp³-hybridized carbons (Fsp3) is 0.850. The Morgan fingerprint density at radius 3 is 2.48 bits per heavy atom. The smallest absolute Gasteiger partial charge is 0.413 e. The molecule has 3 amide bonds. The number of rotatable bonds is 5. The van der Waals surface area contributed by atoms with Gasteiger partial charge < -0.3 is 10.1 Å². The van der Waals surface area contributed by atoms with E-state index in [4.69, 9.17) is 4.74 Å². The number of nitrogens with one attached hydrogen (secondary N) is 3. The predicted molar refractivity (Wildman–Crippen MR) is 112 cm³/mol. The van der Waals surface area contributed by atoms with E-state index < -0.39 is 12.0 Å². The van der Waals surface area contributed by atoms with Crippen LogP contribution in [0.3, 0.4) is 0 Å². The fourth-order valence-electron chi connectivity index (χ4n) is 4.46. The lowest BCUT2D eigenvalue weighted by molar-refractivity contribution is -0.126. The van der Waals surface area contributed by atoms with E-state index in [9.17, 15) is 14.4 Å². The Balaban J connectivity index is 1.45. The molecule has 2 heterocycles. The molecule has 0 bridgehead atoms. The maximum absolute atomic E-state index is 12.8. The Morgan fingerprint density at radius 1 is 1.07 bits per heavy atom. The number of hydrogen-bond donors (Lipinski definition) is 3. The molecule has 2 saturated heterocycles. The third kappa shape index (κ3) is 6.33. The average molecular weight is 427 g/mol. The Hall–Kier alpha value is -1.32. The van der Waals surface area contributed by atoms with Crippen LogP contribution in [0, 0.1) is 5.92 Å². The van der Waals surface area contributed by atoms with Crippen molar-refractivity contribution in [3.63, 3.8) is 0 Å². The number of nitrogens with zero attached hydrogens (tertiary/aromatic N) is 1. The molecule has 3 fully saturated rings. The summed E-state index contributed by atoms with van der Waals surface area (Å²) in [6.45, 7) is 3.57. The number of carbonyl (C=O) groups excluding carboxylic acids is 3. The van der Waals surface area contributed by atoms with Crippen LogP contribution in [0.25, 0.3) is 0 Å². The Labute approximate surface area is 177 Å². The van der Waals surface area contributed by atoms with Crippen LogP contribution in [0.15, 0.2) is 0 Å². The number of alkyl carbamates (subject to hydrolysis) is 1. The van der Waals surface area contributed by atoms with Gasteiger partial charge in [0.1, 0.15) is 0 Å². The van der Waals surface area contributed by atoms with Gasteiger partial charge in [0, 0.05) is 19.3 Å². The van der Waals surface area contributed by atoms with Gasteiger partial charge in [-0.1, -0.05) is 25.7 Å². The summed E-state index contributed by atoms with van der Waals surface area (Å²) >= 11 is 1.55. The molecule has 3 unspecified atom stereocenters. The molecular weight excluding hydrogens is 392 g/mol. The number of hydrogen-bond acceptors (Lipinski definition) is 7.